The second-order valence-corrected chi connectivity index (χ2v) is 7.65. The normalized spacial score (nSPS) is 11.8. The van der Waals surface area contributed by atoms with Crippen LogP contribution in [0.3, 0.4) is 0 Å². The van der Waals surface area contributed by atoms with Crippen LogP contribution >= 0.6 is 11.6 Å². The number of carbonyl (C=O) groups excluding carboxylic acids is 2. The highest BCUT2D eigenvalue weighted by Gasteiger charge is 2.23. The Bertz CT molecular complexity index is 842. The number of aryl methyl sites for hydroxylation is 1. The molecule has 2 aromatic rings. The molecule has 0 unspecified atom stereocenters. The second-order valence-electron chi connectivity index (χ2n) is 7.21. The van der Waals surface area contributed by atoms with Crippen molar-refractivity contribution < 1.29 is 14.3 Å². The van der Waals surface area contributed by atoms with Gasteiger partial charge in [-0.2, -0.15) is 0 Å². The number of nitrogens with zero attached hydrogens (tertiary/aromatic N) is 2. The Morgan fingerprint density at radius 1 is 1.10 bits per heavy atom. The molecule has 1 atom stereocenters. The van der Waals surface area contributed by atoms with E-state index in [9.17, 15) is 9.59 Å². The molecule has 2 rings (SSSR count). The van der Waals surface area contributed by atoms with Crippen LogP contribution in [0.4, 0.5) is 5.69 Å². The summed E-state index contributed by atoms with van der Waals surface area (Å²) in [4.78, 5) is 28.5. The zero-order valence-corrected chi connectivity index (χ0v) is 18.8. The molecule has 0 fully saturated rings. The lowest BCUT2D eigenvalue weighted by Gasteiger charge is -2.28. The van der Waals surface area contributed by atoms with Crippen LogP contribution in [0.2, 0.25) is 5.02 Å². The monoisotopic (exact) mass is 431 g/mol. The molecule has 162 valence electrons. The summed E-state index contributed by atoms with van der Waals surface area (Å²) in [6, 6.07) is 14.4. The van der Waals surface area contributed by atoms with E-state index in [0.717, 1.165) is 23.4 Å². The molecule has 0 radical (unpaired) electrons. The zero-order chi connectivity index (χ0) is 22.1. The van der Waals surface area contributed by atoms with Gasteiger partial charge in [-0.3, -0.25) is 14.5 Å². The van der Waals surface area contributed by atoms with Crippen molar-refractivity contribution >= 4 is 29.1 Å². The van der Waals surface area contributed by atoms with Crippen molar-refractivity contribution in [3.05, 3.63) is 59.1 Å². The number of nitrogens with one attached hydrogen (secondary N) is 1. The van der Waals surface area contributed by atoms with Crippen LogP contribution in [-0.4, -0.2) is 61.4 Å². The van der Waals surface area contributed by atoms with Gasteiger partial charge in [0.2, 0.25) is 11.8 Å². The molecule has 7 heteroatoms. The molecule has 0 aromatic heterocycles. The summed E-state index contributed by atoms with van der Waals surface area (Å²) in [6.07, 6.45) is 0.825. The molecule has 0 aliphatic carbocycles. The van der Waals surface area contributed by atoms with E-state index in [1.807, 2.05) is 50.1 Å². The van der Waals surface area contributed by atoms with E-state index in [4.69, 9.17) is 16.3 Å². The van der Waals surface area contributed by atoms with Crippen LogP contribution in [0.25, 0.3) is 0 Å². The Hall–Kier alpha value is -2.57. The van der Waals surface area contributed by atoms with Crippen molar-refractivity contribution in [2.24, 2.45) is 0 Å². The number of anilines is 1. The van der Waals surface area contributed by atoms with Crippen molar-refractivity contribution in [2.75, 3.05) is 39.1 Å². The molecule has 0 aliphatic rings. The van der Waals surface area contributed by atoms with Gasteiger partial charge in [0.15, 0.2) is 0 Å². The van der Waals surface area contributed by atoms with Crippen LogP contribution in [-0.2, 0) is 16.0 Å². The first-order chi connectivity index (χ1) is 14.3. The van der Waals surface area contributed by atoms with Gasteiger partial charge in [0, 0.05) is 24.3 Å². The summed E-state index contributed by atoms with van der Waals surface area (Å²) >= 11 is 5.86. The van der Waals surface area contributed by atoms with Crippen LogP contribution < -0.4 is 10.1 Å². The molecule has 0 aliphatic heterocycles. The van der Waals surface area contributed by atoms with Gasteiger partial charge in [-0.1, -0.05) is 36.7 Å². The first-order valence-corrected chi connectivity index (χ1v) is 10.4. The van der Waals surface area contributed by atoms with Crippen molar-refractivity contribution in [3.8, 4) is 5.75 Å². The Kier molecular flexibility index (Phi) is 9.15. The molecule has 0 bridgehead atoms. The number of hydrogen-bond donors (Lipinski definition) is 1. The number of amides is 2. The largest absolute Gasteiger partial charge is 0.492 e. The van der Waals surface area contributed by atoms with Gasteiger partial charge in [0.1, 0.15) is 12.4 Å². The fourth-order valence-electron chi connectivity index (χ4n) is 2.97. The van der Waals surface area contributed by atoms with Crippen molar-refractivity contribution in [3.63, 3.8) is 0 Å². The highest BCUT2D eigenvalue weighted by atomic mass is 35.5. The third kappa shape index (κ3) is 7.04. The highest BCUT2D eigenvalue weighted by molar-refractivity contribution is 6.30. The molecule has 1 N–H and O–H groups in total. The number of halogens is 1. The number of carbonyl (C=O) groups is 2. The Balaban J connectivity index is 1.80. The fourth-order valence-corrected chi connectivity index (χ4v) is 3.10. The van der Waals surface area contributed by atoms with Gasteiger partial charge in [-0.05, 0) is 56.3 Å². The smallest absolute Gasteiger partial charge is 0.243 e. The van der Waals surface area contributed by atoms with E-state index < -0.39 is 0 Å². The Morgan fingerprint density at radius 3 is 2.43 bits per heavy atom. The summed E-state index contributed by atoms with van der Waals surface area (Å²) in [6.45, 7) is 4.86. The number of likely N-dealkylation sites (N-methyl/N-ethyl adjacent to an activating group) is 2. The third-order valence-corrected chi connectivity index (χ3v) is 5.23. The SMILES string of the molecule is CCc1ccccc1NC(=O)CN(C)C(=O)[C@@H](C)N(C)CCOc1ccc(Cl)cc1. The van der Waals surface area contributed by atoms with Crippen LogP contribution in [0.5, 0.6) is 5.75 Å². The summed E-state index contributed by atoms with van der Waals surface area (Å²) in [5.41, 5.74) is 1.85. The van der Waals surface area contributed by atoms with Gasteiger partial charge in [0.05, 0.1) is 12.6 Å². The maximum Gasteiger partial charge on any atom is 0.243 e. The van der Waals surface area contributed by atoms with E-state index in [0.29, 0.717) is 18.2 Å². The highest BCUT2D eigenvalue weighted by Crippen LogP contribution is 2.16. The maximum absolute atomic E-state index is 12.7. The van der Waals surface area contributed by atoms with E-state index in [1.54, 1.807) is 31.3 Å². The Morgan fingerprint density at radius 2 is 1.77 bits per heavy atom. The average molecular weight is 432 g/mol. The van der Waals surface area contributed by atoms with E-state index in [1.165, 1.54) is 4.90 Å². The lowest BCUT2D eigenvalue weighted by Crippen LogP contribution is -2.47. The number of hydrogen-bond acceptors (Lipinski definition) is 4. The molecular formula is C23H30ClN3O3. The predicted molar refractivity (Wildman–Crippen MR) is 121 cm³/mol. The fraction of sp³-hybridized carbons (Fsp3) is 0.391. The van der Waals surface area contributed by atoms with Crippen molar-refractivity contribution in [2.45, 2.75) is 26.3 Å². The molecule has 0 spiro atoms. The summed E-state index contributed by atoms with van der Waals surface area (Å²) < 4.78 is 5.69. The number of para-hydroxylation sites is 1. The van der Waals surface area contributed by atoms with E-state index in [-0.39, 0.29) is 24.4 Å². The van der Waals surface area contributed by atoms with Crippen molar-refractivity contribution in [1.29, 1.82) is 0 Å². The minimum atomic E-state index is -0.375. The quantitative estimate of drug-likeness (QED) is 0.623. The Labute approximate surface area is 183 Å². The van der Waals surface area contributed by atoms with Crippen LogP contribution in [0.15, 0.2) is 48.5 Å². The first-order valence-electron chi connectivity index (χ1n) is 10.0. The first kappa shape index (κ1) is 23.7. The minimum Gasteiger partial charge on any atom is -0.492 e. The summed E-state index contributed by atoms with van der Waals surface area (Å²) in [7, 11) is 3.50. The van der Waals surface area contributed by atoms with E-state index >= 15 is 0 Å². The molecule has 6 nitrogen and oxygen atoms in total. The molecule has 0 saturated heterocycles. The second kappa shape index (κ2) is 11.6. The number of ether oxygens (including phenoxy) is 1. The summed E-state index contributed by atoms with van der Waals surface area (Å²) in [5, 5.41) is 3.55. The molecule has 2 aromatic carbocycles. The number of rotatable bonds is 10. The molecule has 2 amide bonds. The predicted octanol–water partition coefficient (Wildman–Crippen LogP) is 3.70. The van der Waals surface area contributed by atoms with Crippen LogP contribution in [0.1, 0.15) is 19.4 Å². The summed E-state index contributed by atoms with van der Waals surface area (Å²) in [5.74, 6) is 0.392. The van der Waals surface area contributed by atoms with Crippen molar-refractivity contribution in [1.82, 2.24) is 9.80 Å². The lowest BCUT2D eigenvalue weighted by atomic mass is 10.1. The van der Waals surface area contributed by atoms with E-state index in [2.05, 4.69) is 5.32 Å². The topological polar surface area (TPSA) is 61.9 Å². The molecular weight excluding hydrogens is 402 g/mol. The van der Waals surface area contributed by atoms with Crippen LogP contribution in [0, 0.1) is 0 Å². The maximum atomic E-state index is 12.7. The third-order valence-electron chi connectivity index (χ3n) is 4.97. The standard InChI is InChI=1S/C23H30ClN3O3/c1-5-18-8-6-7-9-21(18)25-22(28)16-27(4)23(29)17(2)26(3)14-15-30-20-12-10-19(24)11-13-20/h6-13,17H,5,14-16H2,1-4H3,(H,25,28)/t17-/m1/s1. The minimum absolute atomic E-state index is 0.00363. The van der Waals surface area contributed by atoms with Gasteiger partial charge in [0.25, 0.3) is 0 Å². The molecule has 0 saturated carbocycles. The molecule has 0 heterocycles. The molecule has 30 heavy (non-hydrogen) atoms. The van der Waals surface area contributed by atoms with Gasteiger partial charge < -0.3 is 15.0 Å². The van der Waals surface area contributed by atoms with Gasteiger partial charge >= 0.3 is 0 Å². The number of benzene rings is 2. The lowest BCUT2D eigenvalue weighted by molar-refractivity contribution is -0.137. The average Bonchev–Trinajstić information content (AvgIpc) is 2.74. The zero-order valence-electron chi connectivity index (χ0n) is 18.0. The van der Waals surface area contributed by atoms with Gasteiger partial charge in [-0.15, -0.1) is 0 Å². The van der Waals surface area contributed by atoms with Gasteiger partial charge in [-0.25, -0.2) is 0 Å².